The van der Waals surface area contributed by atoms with Crippen molar-refractivity contribution < 1.29 is 4.92 Å². The molecule has 128 valence electrons. The third-order valence-corrected chi connectivity index (χ3v) is 3.44. The van der Waals surface area contributed by atoms with Gasteiger partial charge in [-0.1, -0.05) is 0 Å². The number of anilines is 1. The molecule has 2 aromatic carbocycles. The Labute approximate surface area is 150 Å². The maximum Gasteiger partial charge on any atom is 0.270 e. The zero-order chi connectivity index (χ0) is 18.9. The normalized spacial score (nSPS) is 10.6. The highest BCUT2D eigenvalue weighted by Crippen LogP contribution is 2.27. The van der Waals surface area contributed by atoms with Gasteiger partial charge in [-0.2, -0.15) is 15.6 Å². The summed E-state index contributed by atoms with van der Waals surface area (Å²) in [6.45, 7) is 2.67. The number of azo groups is 1. The fourth-order valence-corrected chi connectivity index (χ4v) is 2.13. The van der Waals surface area contributed by atoms with E-state index in [9.17, 15) is 10.1 Å². The van der Waals surface area contributed by atoms with Gasteiger partial charge in [0.2, 0.25) is 0 Å². The van der Waals surface area contributed by atoms with Crippen LogP contribution in [-0.2, 0) is 0 Å². The van der Waals surface area contributed by atoms with Crippen LogP contribution < -0.4 is 4.90 Å². The number of rotatable bonds is 6. The molecular weight excluding hydrogens is 332 g/mol. The Hall–Kier alpha value is -4.04. The number of non-ortho nitro benzene ring substituents is 1. The molecule has 0 heterocycles. The Morgan fingerprint density at radius 3 is 2.50 bits per heavy atom. The highest BCUT2D eigenvalue weighted by molar-refractivity contribution is 5.58. The van der Waals surface area contributed by atoms with E-state index in [-0.39, 0.29) is 16.9 Å². The molecule has 0 aliphatic heterocycles. The van der Waals surface area contributed by atoms with Crippen LogP contribution in [0.15, 0.2) is 65.0 Å². The van der Waals surface area contributed by atoms with Crippen LogP contribution in [0, 0.1) is 32.8 Å². The lowest BCUT2D eigenvalue weighted by atomic mass is 10.2. The van der Waals surface area contributed by atoms with Crippen LogP contribution in [0.5, 0.6) is 0 Å². The summed E-state index contributed by atoms with van der Waals surface area (Å²) in [6, 6.07) is 14.8. The second kappa shape index (κ2) is 8.71. The molecule has 0 N–H and O–H groups in total. The molecule has 0 radical (unpaired) electrons. The van der Waals surface area contributed by atoms with Crippen LogP contribution in [0.2, 0.25) is 0 Å². The first-order chi connectivity index (χ1) is 12.6. The van der Waals surface area contributed by atoms with Gasteiger partial charge < -0.3 is 4.90 Å². The van der Waals surface area contributed by atoms with Crippen LogP contribution in [-0.4, -0.2) is 11.5 Å². The summed E-state index contributed by atoms with van der Waals surface area (Å²) in [7, 11) is 0. The zero-order valence-corrected chi connectivity index (χ0v) is 13.9. The number of allylic oxidation sites excluding steroid dienone is 1. The van der Waals surface area contributed by atoms with E-state index in [4.69, 9.17) is 10.5 Å². The van der Waals surface area contributed by atoms with Gasteiger partial charge in [0.05, 0.1) is 22.2 Å². The van der Waals surface area contributed by atoms with Gasteiger partial charge in [-0.05, 0) is 37.3 Å². The first-order valence-electron chi connectivity index (χ1n) is 7.62. The van der Waals surface area contributed by atoms with Gasteiger partial charge in [0.15, 0.2) is 0 Å². The van der Waals surface area contributed by atoms with Crippen molar-refractivity contribution in [2.45, 2.75) is 6.92 Å². The number of nitro benzene ring substituents is 1. The van der Waals surface area contributed by atoms with Gasteiger partial charge in [-0.3, -0.25) is 10.1 Å². The van der Waals surface area contributed by atoms with Crippen molar-refractivity contribution in [2.75, 3.05) is 11.4 Å². The number of nitriles is 2. The molecule has 0 atom stereocenters. The summed E-state index contributed by atoms with van der Waals surface area (Å²) in [4.78, 5) is 12.1. The van der Waals surface area contributed by atoms with E-state index in [1.54, 1.807) is 18.3 Å². The molecule has 8 nitrogen and oxygen atoms in total. The molecule has 0 amide bonds. The number of hydrogen-bond donors (Lipinski definition) is 0. The molecule has 2 rings (SSSR count). The minimum Gasteiger partial charge on any atom is -0.348 e. The number of nitro groups is 1. The summed E-state index contributed by atoms with van der Waals surface area (Å²) < 4.78 is 0. The predicted molar refractivity (Wildman–Crippen MR) is 96.2 cm³/mol. The SMILES string of the molecule is CCN(/C=C/C#N)c1ccc(N=Nc2ccc([N+](=O)[O-])cc2C#N)cc1. The molecule has 0 aliphatic rings. The highest BCUT2D eigenvalue weighted by Gasteiger charge is 2.10. The van der Waals surface area contributed by atoms with Crippen molar-refractivity contribution in [1.82, 2.24) is 0 Å². The molecule has 0 unspecified atom stereocenters. The number of benzene rings is 2. The van der Waals surface area contributed by atoms with Gasteiger partial charge in [-0.15, -0.1) is 5.11 Å². The minimum atomic E-state index is -0.569. The molecule has 0 spiro atoms. The van der Waals surface area contributed by atoms with Crippen molar-refractivity contribution in [3.63, 3.8) is 0 Å². The Bertz CT molecular complexity index is 936. The van der Waals surface area contributed by atoms with E-state index in [2.05, 4.69) is 10.2 Å². The van der Waals surface area contributed by atoms with E-state index >= 15 is 0 Å². The third kappa shape index (κ3) is 4.49. The highest BCUT2D eigenvalue weighted by atomic mass is 16.6. The number of hydrogen-bond acceptors (Lipinski definition) is 7. The molecule has 0 bridgehead atoms. The fraction of sp³-hybridized carbons (Fsp3) is 0.111. The van der Waals surface area contributed by atoms with Gasteiger partial charge in [0.25, 0.3) is 5.69 Å². The van der Waals surface area contributed by atoms with Crippen LogP contribution in [0.1, 0.15) is 12.5 Å². The van der Waals surface area contributed by atoms with E-state index < -0.39 is 4.92 Å². The molecule has 0 saturated carbocycles. The smallest absolute Gasteiger partial charge is 0.270 e. The monoisotopic (exact) mass is 346 g/mol. The molecule has 0 aliphatic carbocycles. The standard InChI is InChI=1S/C18H14N6O2/c1-2-23(11-3-10-19)16-6-4-15(5-7-16)21-22-18-9-8-17(24(25)26)12-14(18)13-20/h3-9,11-12H,2H2,1H3/b11-3+,22-21?. The lowest BCUT2D eigenvalue weighted by Crippen LogP contribution is -2.14. The van der Waals surface area contributed by atoms with Crippen molar-refractivity contribution in [1.29, 1.82) is 10.5 Å². The van der Waals surface area contributed by atoms with Crippen LogP contribution in [0.4, 0.5) is 22.7 Å². The maximum atomic E-state index is 10.8. The first kappa shape index (κ1) is 18.3. The summed E-state index contributed by atoms with van der Waals surface area (Å²) >= 11 is 0. The van der Waals surface area contributed by atoms with Crippen molar-refractivity contribution in [3.8, 4) is 12.1 Å². The zero-order valence-electron chi connectivity index (χ0n) is 13.9. The fourth-order valence-electron chi connectivity index (χ4n) is 2.13. The second-order valence-electron chi connectivity index (χ2n) is 5.02. The molecule has 8 heteroatoms. The maximum absolute atomic E-state index is 10.8. The average molecular weight is 346 g/mol. The van der Waals surface area contributed by atoms with Gasteiger partial charge in [0.1, 0.15) is 11.8 Å². The van der Waals surface area contributed by atoms with Gasteiger partial charge in [0, 0.05) is 36.6 Å². The Balaban J connectivity index is 2.21. The Morgan fingerprint density at radius 1 is 1.19 bits per heavy atom. The van der Waals surface area contributed by atoms with Crippen molar-refractivity contribution >= 4 is 22.7 Å². The Kier molecular flexibility index (Phi) is 6.13. The number of nitrogens with zero attached hydrogens (tertiary/aromatic N) is 6. The largest absolute Gasteiger partial charge is 0.348 e. The summed E-state index contributed by atoms with van der Waals surface area (Å²) in [5, 5.41) is 36.5. The molecule has 0 fully saturated rings. The minimum absolute atomic E-state index is 0.0818. The molecular formula is C18H14N6O2. The summed E-state index contributed by atoms with van der Waals surface area (Å²) in [5.74, 6) is 0. The third-order valence-electron chi connectivity index (χ3n) is 3.44. The van der Waals surface area contributed by atoms with E-state index in [1.807, 2.05) is 36.1 Å². The predicted octanol–water partition coefficient (Wildman–Crippen LogP) is 4.75. The van der Waals surface area contributed by atoms with Gasteiger partial charge in [-0.25, -0.2) is 0 Å². The molecule has 26 heavy (non-hydrogen) atoms. The summed E-state index contributed by atoms with van der Waals surface area (Å²) in [5.41, 5.74) is 1.63. The second-order valence-corrected chi connectivity index (χ2v) is 5.02. The van der Waals surface area contributed by atoms with Crippen molar-refractivity contribution in [2.24, 2.45) is 10.2 Å². The van der Waals surface area contributed by atoms with Crippen LogP contribution >= 0.6 is 0 Å². The quantitative estimate of drug-likeness (QED) is 0.324. The van der Waals surface area contributed by atoms with E-state index in [0.717, 1.165) is 11.8 Å². The Morgan fingerprint density at radius 2 is 1.92 bits per heavy atom. The van der Waals surface area contributed by atoms with Gasteiger partial charge >= 0.3 is 0 Å². The lowest BCUT2D eigenvalue weighted by Gasteiger charge is -2.17. The lowest BCUT2D eigenvalue weighted by molar-refractivity contribution is -0.384. The topological polar surface area (TPSA) is 119 Å². The molecule has 0 aromatic heterocycles. The first-order valence-corrected chi connectivity index (χ1v) is 7.62. The van der Waals surface area contributed by atoms with E-state index in [0.29, 0.717) is 12.2 Å². The molecule has 0 saturated heterocycles. The van der Waals surface area contributed by atoms with Crippen molar-refractivity contribution in [3.05, 3.63) is 70.4 Å². The van der Waals surface area contributed by atoms with Crippen LogP contribution in [0.25, 0.3) is 0 Å². The van der Waals surface area contributed by atoms with E-state index in [1.165, 1.54) is 18.2 Å². The summed E-state index contributed by atoms with van der Waals surface area (Å²) in [6.07, 6.45) is 3.09. The van der Waals surface area contributed by atoms with Crippen LogP contribution in [0.3, 0.4) is 0 Å². The molecule has 2 aromatic rings. The average Bonchev–Trinajstić information content (AvgIpc) is 2.67.